The molecule has 1 unspecified atom stereocenters. The predicted molar refractivity (Wildman–Crippen MR) is 112 cm³/mol. The fraction of sp³-hybridized carbons (Fsp3) is 0.381. The Labute approximate surface area is 168 Å². The highest BCUT2D eigenvalue weighted by molar-refractivity contribution is 7.89. The second kappa shape index (κ2) is 9.32. The number of carbonyl (C=O) groups excluding carboxylic acids is 1. The zero-order valence-corrected chi connectivity index (χ0v) is 17.9. The molecule has 2 aromatic rings. The van der Waals surface area contributed by atoms with Gasteiger partial charge in [-0.25, -0.2) is 13.1 Å². The second-order valence-corrected chi connectivity index (χ2v) is 8.86. The minimum Gasteiger partial charge on any atom is -0.350 e. The van der Waals surface area contributed by atoms with Crippen molar-refractivity contribution in [2.75, 3.05) is 27.7 Å². The van der Waals surface area contributed by atoms with Crippen LogP contribution in [-0.4, -0.2) is 46.9 Å². The van der Waals surface area contributed by atoms with Gasteiger partial charge in [0.2, 0.25) is 10.0 Å². The molecule has 0 aliphatic heterocycles. The Hall–Kier alpha value is -2.22. The maximum absolute atomic E-state index is 12.7. The van der Waals surface area contributed by atoms with Crippen LogP contribution in [0.15, 0.2) is 47.4 Å². The molecule has 1 amide bonds. The maximum Gasteiger partial charge on any atom is 0.251 e. The summed E-state index contributed by atoms with van der Waals surface area (Å²) in [5, 5.41) is 2.95. The van der Waals surface area contributed by atoms with Gasteiger partial charge >= 0.3 is 0 Å². The number of benzene rings is 2. The Morgan fingerprint density at radius 1 is 1.11 bits per heavy atom. The normalized spacial score (nSPS) is 12.8. The molecule has 0 aliphatic carbocycles. The minimum absolute atomic E-state index is 0.0133. The first-order chi connectivity index (χ1) is 13.2. The van der Waals surface area contributed by atoms with Crippen LogP contribution in [0.25, 0.3) is 0 Å². The van der Waals surface area contributed by atoms with Crippen molar-refractivity contribution in [1.29, 1.82) is 0 Å². The molecule has 2 aromatic carbocycles. The molecular weight excluding hydrogens is 374 g/mol. The van der Waals surface area contributed by atoms with Crippen molar-refractivity contribution in [1.82, 2.24) is 14.9 Å². The minimum atomic E-state index is -3.60. The van der Waals surface area contributed by atoms with Gasteiger partial charge in [-0.2, -0.15) is 0 Å². The molecule has 0 radical (unpaired) electrons. The zero-order valence-electron chi connectivity index (χ0n) is 17.1. The largest absolute Gasteiger partial charge is 0.350 e. The van der Waals surface area contributed by atoms with E-state index >= 15 is 0 Å². The first kappa shape index (κ1) is 22.1. The molecule has 0 saturated carbocycles. The number of nitrogens with one attached hydrogen (secondary N) is 2. The van der Waals surface area contributed by atoms with Gasteiger partial charge in [0.1, 0.15) is 0 Å². The average Bonchev–Trinajstić information content (AvgIpc) is 2.68. The van der Waals surface area contributed by atoms with Crippen LogP contribution in [0, 0.1) is 6.92 Å². The molecule has 0 saturated heterocycles. The molecule has 1 atom stereocenters. The number of nitrogens with zero attached hydrogens (tertiary/aromatic N) is 1. The fourth-order valence-electron chi connectivity index (χ4n) is 2.99. The van der Waals surface area contributed by atoms with E-state index in [-0.39, 0.29) is 16.8 Å². The van der Waals surface area contributed by atoms with E-state index in [0.29, 0.717) is 12.1 Å². The van der Waals surface area contributed by atoms with Gasteiger partial charge < -0.3 is 10.2 Å². The summed E-state index contributed by atoms with van der Waals surface area (Å²) in [7, 11) is 1.68. The van der Waals surface area contributed by atoms with Crippen molar-refractivity contribution in [2.45, 2.75) is 31.2 Å². The molecule has 28 heavy (non-hydrogen) atoms. The van der Waals surface area contributed by atoms with Crippen LogP contribution in [0.1, 0.15) is 40.0 Å². The highest BCUT2D eigenvalue weighted by Crippen LogP contribution is 2.20. The Morgan fingerprint density at radius 2 is 1.75 bits per heavy atom. The summed E-state index contributed by atoms with van der Waals surface area (Å²) in [5.41, 5.74) is 3.46. The molecule has 0 fully saturated rings. The van der Waals surface area contributed by atoms with Crippen LogP contribution in [-0.2, 0) is 16.4 Å². The predicted octanol–water partition coefficient (Wildman–Crippen LogP) is 2.50. The summed E-state index contributed by atoms with van der Waals surface area (Å²) in [4.78, 5) is 14.9. The van der Waals surface area contributed by atoms with Gasteiger partial charge in [-0.05, 0) is 63.3 Å². The Balaban J connectivity index is 2.20. The number of carbonyl (C=O) groups is 1. The molecule has 0 bridgehead atoms. The molecule has 0 aromatic heterocycles. The third-order valence-corrected chi connectivity index (χ3v) is 6.30. The molecule has 152 valence electrons. The number of likely N-dealkylation sites (N-methyl/N-ethyl adjacent to an activating group) is 1. The monoisotopic (exact) mass is 403 g/mol. The fourth-order valence-corrected chi connectivity index (χ4v) is 3.75. The topological polar surface area (TPSA) is 78.5 Å². The molecule has 2 rings (SSSR count). The van der Waals surface area contributed by atoms with E-state index < -0.39 is 10.0 Å². The van der Waals surface area contributed by atoms with Gasteiger partial charge in [0.05, 0.1) is 10.9 Å². The van der Waals surface area contributed by atoms with Crippen molar-refractivity contribution in [2.24, 2.45) is 0 Å². The summed E-state index contributed by atoms with van der Waals surface area (Å²) < 4.78 is 26.3. The van der Waals surface area contributed by atoms with Crippen molar-refractivity contribution in [3.63, 3.8) is 0 Å². The van der Waals surface area contributed by atoms with Crippen LogP contribution in [0.3, 0.4) is 0 Å². The van der Waals surface area contributed by atoms with Crippen molar-refractivity contribution >= 4 is 15.9 Å². The average molecular weight is 404 g/mol. The highest BCUT2D eigenvalue weighted by atomic mass is 32.2. The summed E-state index contributed by atoms with van der Waals surface area (Å²) in [6.45, 7) is 4.32. The molecule has 2 N–H and O–H groups in total. The molecule has 6 nitrogen and oxygen atoms in total. The van der Waals surface area contributed by atoms with Gasteiger partial charge in [0, 0.05) is 12.1 Å². The quantitative estimate of drug-likeness (QED) is 0.710. The van der Waals surface area contributed by atoms with Crippen LogP contribution >= 0.6 is 0 Å². The lowest BCUT2D eigenvalue weighted by atomic mass is 10.0. The lowest BCUT2D eigenvalue weighted by Crippen LogP contribution is -2.35. The first-order valence-electron chi connectivity index (χ1n) is 9.27. The van der Waals surface area contributed by atoms with Gasteiger partial charge in [-0.3, -0.25) is 4.79 Å². The van der Waals surface area contributed by atoms with Crippen molar-refractivity contribution < 1.29 is 13.2 Å². The van der Waals surface area contributed by atoms with Crippen molar-refractivity contribution in [3.8, 4) is 0 Å². The van der Waals surface area contributed by atoms with E-state index in [4.69, 9.17) is 0 Å². The second-order valence-electron chi connectivity index (χ2n) is 6.97. The number of rotatable bonds is 8. The lowest BCUT2D eigenvalue weighted by molar-refractivity contribution is 0.0941. The van der Waals surface area contributed by atoms with E-state index in [9.17, 15) is 13.2 Å². The molecule has 0 aliphatic rings. The van der Waals surface area contributed by atoms with E-state index in [1.54, 1.807) is 13.0 Å². The lowest BCUT2D eigenvalue weighted by Gasteiger charge is -2.25. The number of hydrogen-bond donors (Lipinski definition) is 2. The number of aryl methyl sites for hydroxylation is 2. The van der Waals surface area contributed by atoms with Crippen LogP contribution in [0.5, 0.6) is 0 Å². The summed E-state index contributed by atoms with van der Waals surface area (Å²) >= 11 is 0. The Kier molecular flexibility index (Phi) is 7.35. The SMILES string of the molecule is CCc1ccc(C(CNC(=O)c2cc(S(=O)(=O)NC)ccc2C)N(C)C)cc1. The standard InChI is InChI=1S/C21H29N3O3S/c1-6-16-8-10-17(11-9-16)20(24(4)5)14-23-21(25)19-13-18(12-7-15(19)2)28(26,27)22-3/h7-13,20,22H,6,14H2,1-5H3,(H,23,25). The number of amides is 1. The van der Waals surface area contributed by atoms with Gasteiger partial charge in [0.25, 0.3) is 5.91 Å². The Morgan fingerprint density at radius 3 is 2.29 bits per heavy atom. The van der Waals surface area contributed by atoms with E-state index in [1.807, 2.05) is 14.1 Å². The van der Waals surface area contributed by atoms with Gasteiger partial charge in [0.15, 0.2) is 0 Å². The van der Waals surface area contributed by atoms with E-state index in [0.717, 1.165) is 17.5 Å². The van der Waals surface area contributed by atoms with Crippen LogP contribution < -0.4 is 10.0 Å². The molecule has 0 spiro atoms. The van der Waals surface area contributed by atoms with Gasteiger partial charge in [-0.15, -0.1) is 0 Å². The molecular formula is C21H29N3O3S. The summed E-state index contributed by atoms with van der Waals surface area (Å²) in [5.74, 6) is -0.289. The highest BCUT2D eigenvalue weighted by Gasteiger charge is 2.19. The smallest absolute Gasteiger partial charge is 0.251 e. The maximum atomic E-state index is 12.7. The third-order valence-electron chi connectivity index (χ3n) is 4.88. The van der Waals surface area contributed by atoms with Crippen LogP contribution in [0.2, 0.25) is 0 Å². The van der Waals surface area contributed by atoms with E-state index in [1.165, 1.54) is 24.7 Å². The third kappa shape index (κ3) is 5.19. The van der Waals surface area contributed by atoms with E-state index in [2.05, 4.69) is 46.1 Å². The van der Waals surface area contributed by atoms with Gasteiger partial charge in [-0.1, -0.05) is 37.3 Å². The molecule has 7 heteroatoms. The first-order valence-corrected chi connectivity index (χ1v) is 10.8. The summed E-state index contributed by atoms with van der Waals surface area (Å²) in [6.07, 6.45) is 0.981. The summed E-state index contributed by atoms with van der Waals surface area (Å²) in [6, 6.07) is 12.9. The number of hydrogen-bond acceptors (Lipinski definition) is 4. The zero-order chi connectivity index (χ0) is 20.9. The van der Waals surface area contributed by atoms with Crippen LogP contribution in [0.4, 0.5) is 0 Å². The number of sulfonamides is 1. The molecule has 0 heterocycles. The van der Waals surface area contributed by atoms with Crippen molar-refractivity contribution in [3.05, 3.63) is 64.7 Å². The Bertz CT molecular complexity index is 922.